The Labute approximate surface area is 131 Å². The number of aliphatic hydroxyl groups is 1. The van der Waals surface area contributed by atoms with Crippen molar-refractivity contribution < 1.29 is 5.11 Å². The molecular formula is C18H23N3O. The van der Waals surface area contributed by atoms with Gasteiger partial charge in [-0.25, -0.2) is 0 Å². The Morgan fingerprint density at radius 2 is 1.91 bits per heavy atom. The van der Waals surface area contributed by atoms with Gasteiger partial charge in [0.1, 0.15) is 0 Å². The van der Waals surface area contributed by atoms with E-state index in [1.807, 2.05) is 25.4 Å². The molecule has 0 aliphatic heterocycles. The molecule has 0 aliphatic rings. The number of rotatable bonds is 6. The standard InChI is InChI=1S/C18H23N3O/c1-18(2,22)17(13-19-3)21-11-14-6-8-15(9-7-14)16-5-4-10-20-12-16/h4-10,12-13,19,21-22H,11H2,1-3H3/b17-13-. The van der Waals surface area contributed by atoms with Crippen LogP contribution < -0.4 is 10.6 Å². The second-order valence-corrected chi connectivity index (χ2v) is 5.70. The molecule has 116 valence electrons. The maximum atomic E-state index is 10.1. The third-order valence-electron chi connectivity index (χ3n) is 3.38. The lowest BCUT2D eigenvalue weighted by molar-refractivity contribution is 0.111. The molecule has 2 rings (SSSR count). The first kappa shape index (κ1) is 16.0. The number of hydrogen-bond acceptors (Lipinski definition) is 4. The maximum absolute atomic E-state index is 10.1. The van der Waals surface area contributed by atoms with Crippen molar-refractivity contribution in [1.29, 1.82) is 0 Å². The lowest BCUT2D eigenvalue weighted by Crippen LogP contribution is -2.33. The molecule has 4 nitrogen and oxygen atoms in total. The number of benzene rings is 1. The zero-order valence-electron chi connectivity index (χ0n) is 13.3. The Bertz CT molecular complexity index is 613. The van der Waals surface area contributed by atoms with Crippen molar-refractivity contribution in [2.45, 2.75) is 26.0 Å². The van der Waals surface area contributed by atoms with Gasteiger partial charge in [0.05, 0.1) is 11.3 Å². The molecular weight excluding hydrogens is 274 g/mol. The van der Waals surface area contributed by atoms with Gasteiger partial charge in [-0.3, -0.25) is 4.98 Å². The summed E-state index contributed by atoms with van der Waals surface area (Å²) in [6.45, 7) is 4.17. The van der Waals surface area contributed by atoms with Gasteiger partial charge in [0.15, 0.2) is 0 Å². The molecule has 0 unspecified atom stereocenters. The minimum absolute atomic E-state index is 0.658. The van der Waals surface area contributed by atoms with Crippen molar-refractivity contribution >= 4 is 0 Å². The molecule has 4 heteroatoms. The minimum atomic E-state index is -0.904. The van der Waals surface area contributed by atoms with E-state index in [2.05, 4.69) is 39.9 Å². The highest BCUT2D eigenvalue weighted by Crippen LogP contribution is 2.19. The maximum Gasteiger partial charge on any atom is 0.0998 e. The van der Waals surface area contributed by atoms with Crippen LogP contribution in [0.25, 0.3) is 11.1 Å². The summed E-state index contributed by atoms with van der Waals surface area (Å²) < 4.78 is 0. The van der Waals surface area contributed by atoms with Gasteiger partial charge in [-0.15, -0.1) is 0 Å². The Morgan fingerprint density at radius 1 is 1.18 bits per heavy atom. The second kappa shape index (κ2) is 7.09. The number of nitrogens with zero attached hydrogens (tertiary/aromatic N) is 1. The Morgan fingerprint density at radius 3 is 2.45 bits per heavy atom. The van der Waals surface area contributed by atoms with Crippen molar-refractivity contribution in [2.75, 3.05) is 7.05 Å². The van der Waals surface area contributed by atoms with Gasteiger partial charge >= 0.3 is 0 Å². The normalized spacial score (nSPS) is 12.1. The quantitative estimate of drug-likeness (QED) is 0.767. The van der Waals surface area contributed by atoms with E-state index in [0.29, 0.717) is 6.54 Å². The van der Waals surface area contributed by atoms with E-state index in [0.717, 1.165) is 22.4 Å². The molecule has 0 radical (unpaired) electrons. The molecule has 3 N–H and O–H groups in total. The van der Waals surface area contributed by atoms with Gasteiger partial charge in [-0.05, 0) is 36.6 Å². The largest absolute Gasteiger partial charge is 0.392 e. The lowest BCUT2D eigenvalue weighted by Gasteiger charge is -2.23. The Balaban J connectivity index is 2.04. The van der Waals surface area contributed by atoms with Crippen LogP contribution in [-0.2, 0) is 6.54 Å². The summed E-state index contributed by atoms with van der Waals surface area (Å²) in [6.07, 6.45) is 5.41. The van der Waals surface area contributed by atoms with Crippen molar-refractivity contribution in [3.63, 3.8) is 0 Å². The first-order valence-electron chi connectivity index (χ1n) is 7.34. The van der Waals surface area contributed by atoms with Crippen molar-refractivity contribution in [3.8, 4) is 11.1 Å². The molecule has 0 spiro atoms. The molecule has 0 saturated carbocycles. The van der Waals surface area contributed by atoms with Crippen LogP contribution in [0.4, 0.5) is 0 Å². The van der Waals surface area contributed by atoms with Crippen molar-refractivity contribution in [3.05, 3.63) is 66.3 Å². The third-order valence-corrected chi connectivity index (χ3v) is 3.38. The average molecular weight is 297 g/mol. The molecule has 0 bridgehead atoms. The van der Waals surface area contributed by atoms with Crippen LogP contribution in [0.1, 0.15) is 19.4 Å². The summed E-state index contributed by atoms with van der Waals surface area (Å²) in [4.78, 5) is 4.14. The molecule has 1 heterocycles. The summed E-state index contributed by atoms with van der Waals surface area (Å²) in [7, 11) is 1.82. The summed E-state index contributed by atoms with van der Waals surface area (Å²) in [5.41, 5.74) is 3.25. The van der Waals surface area contributed by atoms with Gasteiger partial charge < -0.3 is 15.7 Å². The third kappa shape index (κ3) is 4.33. The molecule has 1 aromatic carbocycles. The first-order chi connectivity index (χ1) is 10.5. The predicted molar refractivity (Wildman–Crippen MR) is 90.0 cm³/mol. The molecule has 2 aromatic rings. The summed E-state index contributed by atoms with van der Waals surface area (Å²) in [6, 6.07) is 12.3. The molecule has 1 aromatic heterocycles. The van der Waals surface area contributed by atoms with Crippen molar-refractivity contribution in [1.82, 2.24) is 15.6 Å². The summed E-state index contributed by atoms with van der Waals surface area (Å²) in [5.74, 6) is 0. The Kier molecular flexibility index (Phi) is 5.17. The Hall–Kier alpha value is -2.33. The van der Waals surface area contributed by atoms with Gasteiger partial charge in [0, 0.05) is 32.2 Å². The number of hydrogen-bond donors (Lipinski definition) is 3. The van der Waals surface area contributed by atoms with Crippen LogP contribution >= 0.6 is 0 Å². The number of pyridine rings is 1. The molecule has 0 atom stereocenters. The topological polar surface area (TPSA) is 57.2 Å². The molecule has 22 heavy (non-hydrogen) atoms. The van der Waals surface area contributed by atoms with Crippen LogP contribution in [0.2, 0.25) is 0 Å². The number of nitrogens with one attached hydrogen (secondary N) is 2. The zero-order valence-corrected chi connectivity index (χ0v) is 13.3. The minimum Gasteiger partial charge on any atom is -0.392 e. The fourth-order valence-electron chi connectivity index (χ4n) is 2.13. The van der Waals surface area contributed by atoms with E-state index in [1.165, 1.54) is 0 Å². The first-order valence-corrected chi connectivity index (χ1v) is 7.34. The summed E-state index contributed by atoms with van der Waals surface area (Å²) in [5, 5.41) is 16.3. The van der Waals surface area contributed by atoms with Gasteiger partial charge in [0.2, 0.25) is 0 Å². The van der Waals surface area contributed by atoms with E-state index in [1.54, 1.807) is 26.2 Å². The number of aromatic nitrogens is 1. The highest BCUT2D eigenvalue weighted by atomic mass is 16.3. The van der Waals surface area contributed by atoms with E-state index >= 15 is 0 Å². The van der Waals surface area contributed by atoms with Crippen LogP contribution in [0.5, 0.6) is 0 Å². The van der Waals surface area contributed by atoms with E-state index in [9.17, 15) is 5.11 Å². The van der Waals surface area contributed by atoms with Crippen LogP contribution in [0.15, 0.2) is 60.7 Å². The summed E-state index contributed by atoms with van der Waals surface area (Å²) >= 11 is 0. The van der Waals surface area contributed by atoms with E-state index < -0.39 is 5.60 Å². The average Bonchev–Trinajstić information content (AvgIpc) is 2.52. The molecule has 0 aliphatic carbocycles. The molecule has 0 saturated heterocycles. The monoisotopic (exact) mass is 297 g/mol. The van der Waals surface area contributed by atoms with Crippen molar-refractivity contribution in [2.24, 2.45) is 0 Å². The van der Waals surface area contributed by atoms with Crippen LogP contribution in [-0.4, -0.2) is 22.7 Å². The SMILES string of the molecule is CN/C=C(\NCc1ccc(-c2cccnc2)cc1)C(C)(C)O. The van der Waals surface area contributed by atoms with E-state index in [-0.39, 0.29) is 0 Å². The smallest absolute Gasteiger partial charge is 0.0998 e. The fraction of sp³-hybridized carbons (Fsp3) is 0.278. The van der Waals surface area contributed by atoms with Gasteiger partial charge in [-0.1, -0.05) is 30.3 Å². The fourth-order valence-corrected chi connectivity index (χ4v) is 2.13. The molecule has 0 fully saturated rings. The highest BCUT2D eigenvalue weighted by Gasteiger charge is 2.18. The second-order valence-electron chi connectivity index (χ2n) is 5.70. The van der Waals surface area contributed by atoms with Crippen LogP contribution in [0, 0.1) is 0 Å². The van der Waals surface area contributed by atoms with Gasteiger partial charge in [0.25, 0.3) is 0 Å². The zero-order chi connectivity index (χ0) is 16.0. The molecule has 0 amide bonds. The predicted octanol–water partition coefficient (Wildman–Crippen LogP) is 2.67. The van der Waals surface area contributed by atoms with Gasteiger partial charge in [-0.2, -0.15) is 0 Å². The lowest BCUT2D eigenvalue weighted by atomic mass is 10.0. The van der Waals surface area contributed by atoms with E-state index in [4.69, 9.17) is 0 Å². The van der Waals surface area contributed by atoms with Crippen LogP contribution in [0.3, 0.4) is 0 Å². The highest BCUT2D eigenvalue weighted by molar-refractivity contribution is 5.62.